The van der Waals surface area contributed by atoms with E-state index >= 15 is 0 Å². The summed E-state index contributed by atoms with van der Waals surface area (Å²) >= 11 is 7.62. The molecule has 2 aromatic carbocycles. The molecule has 38 heavy (non-hydrogen) atoms. The first-order chi connectivity index (χ1) is 18.4. The second-order valence-corrected chi connectivity index (χ2v) is 12.1. The highest BCUT2D eigenvalue weighted by Crippen LogP contribution is 2.61. The molecule has 4 heterocycles. The molecule has 1 unspecified atom stereocenters. The van der Waals surface area contributed by atoms with E-state index in [0.29, 0.717) is 23.8 Å². The number of likely N-dealkylation sites (tertiary alicyclic amines) is 1. The Bertz CT molecular complexity index is 1330. The summed E-state index contributed by atoms with van der Waals surface area (Å²) in [6, 6.07) is 15.1. The number of para-hydroxylation sites is 1. The summed E-state index contributed by atoms with van der Waals surface area (Å²) < 4.78 is -0.937. The van der Waals surface area contributed by atoms with Gasteiger partial charge in [-0.05, 0) is 43.3 Å². The van der Waals surface area contributed by atoms with Gasteiger partial charge in [-0.15, -0.1) is 11.8 Å². The summed E-state index contributed by atoms with van der Waals surface area (Å²) in [6.07, 6.45) is 7.91. The van der Waals surface area contributed by atoms with Crippen molar-refractivity contribution in [3.8, 4) is 0 Å². The number of hydrogen-bond donors (Lipinski definition) is 1. The minimum atomic E-state index is -0.937. The minimum Gasteiger partial charge on any atom is -0.394 e. The number of fused-ring (bicyclic) bond motifs is 2. The number of carbonyl (C=O) groups is 3. The van der Waals surface area contributed by atoms with Crippen molar-refractivity contribution in [1.29, 1.82) is 0 Å². The number of carbonyl (C=O) groups excluding carboxylic acids is 3. The number of rotatable bonds is 4. The Morgan fingerprint density at radius 2 is 1.61 bits per heavy atom. The molecule has 6 atom stereocenters. The van der Waals surface area contributed by atoms with Crippen LogP contribution in [0.25, 0.3) is 0 Å². The lowest BCUT2D eigenvalue weighted by Gasteiger charge is -2.37. The largest absolute Gasteiger partial charge is 0.394 e. The van der Waals surface area contributed by atoms with Crippen LogP contribution in [-0.4, -0.2) is 69.5 Å². The van der Waals surface area contributed by atoms with Crippen molar-refractivity contribution >= 4 is 52.5 Å². The molecule has 6 rings (SSSR count). The topological polar surface area (TPSA) is 81.2 Å². The first-order valence-corrected chi connectivity index (χ1v) is 14.0. The van der Waals surface area contributed by atoms with Crippen molar-refractivity contribution < 1.29 is 19.5 Å². The summed E-state index contributed by atoms with van der Waals surface area (Å²) in [7, 11) is 0. The lowest BCUT2D eigenvalue weighted by Crippen LogP contribution is -2.56. The van der Waals surface area contributed by atoms with E-state index in [-0.39, 0.29) is 29.6 Å². The molecule has 2 saturated heterocycles. The zero-order valence-corrected chi connectivity index (χ0v) is 22.4. The van der Waals surface area contributed by atoms with E-state index in [1.807, 2.05) is 54.6 Å². The molecule has 9 heteroatoms. The van der Waals surface area contributed by atoms with Gasteiger partial charge >= 0.3 is 0 Å². The summed E-state index contributed by atoms with van der Waals surface area (Å²) in [5, 5.41) is 10.4. The molecular weight excluding hydrogens is 522 g/mol. The van der Waals surface area contributed by atoms with Crippen LogP contribution < -0.4 is 9.80 Å². The average molecular weight is 550 g/mol. The number of aliphatic hydroxyl groups excluding tert-OH is 1. The van der Waals surface area contributed by atoms with Crippen molar-refractivity contribution in [2.24, 2.45) is 11.8 Å². The van der Waals surface area contributed by atoms with Gasteiger partial charge in [-0.2, -0.15) is 0 Å². The van der Waals surface area contributed by atoms with Crippen LogP contribution in [0.15, 0.2) is 78.9 Å². The van der Waals surface area contributed by atoms with Crippen LogP contribution in [0.4, 0.5) is 11.4 Å². The molecule has 2 aromatic rings. The van der Waals surface area contributed by atoms with Crippen LogP contribution in [0.5, 0.6) is 0 Å². The molecule has 4 aliphatic heterocycles. The molecule has 0 bridgehead atoms. The molecule has 4 aliphatic rings. The first-order valence-electron chi connectivity index (χ1n) is 12.8. The van der Waals surface area contributed by atoms with Gasteiger partial charge in [0.15, 0.2) is 0 Å². The van der Waals surface area contributed by atoms with E-state index in [4.69, 9.17) is 11.6 Å². The van der Waals surface area contributed by atoms with Gasteiger partial charge in [0.2, 0.25) is 11.8 Å². The molecule has 196 valence electrons. The van der Waals surface area contributed by atoms with Gasteiger partial charge in [0, 0.05) is 34.7 Å². The molecule has 0 aromatic heterocycles. The van der Waals surface area contributed by atoms with Gasteiger partial charge in [0.05, 0.1) is 29.2 Å². The SMILES string of the molecule is C[C@H](CO)N1C(=O)[C@@H]2[C@@H]3C(=O)N(c4ccccc4)CC=C[C@@H]3S[C@@]23C=CCN(c2ccc(Cl)cc2)C(=O)C13. The van der Waals surface area contributed by atoms with Crippen LogP contribution in [0.1, 0.15) is 6.92 Å². The third-order valence-electron chi connectivity index (χ3n) is 8.04. The van der Waals surface area contributed by atoms with Gasteiger partial charge < -0.3 is 19.8 Å². The van der Waals surface area contributed by atoms with E-state index in [2.05, 4.69) is 0 Å². The Kier molecular flexibility index (Phi) is 6.37. The number of amides is 3. The number of hydrogen-bond acceptors (Lipinski definition) is 5. The maximum Gasteiger partial charge on any atom is 0.251 e. The quantitative estimate of drug-likeness (QED) is 0.590. The zero-order chi connectivity index (χ0) is 26.6. The third-order valence-corrected chi connectivity index (χ3v) is 10.0. The molecule has 1 N–H and O–H groups in total. The molecule has 0 saturated carbocycles. The van der Waals surface area contributed by atoms with Crippen molar-refractivity contribution in [1.82, 2.24) is 4.90 Å². The zero-order valence-electron chi connectivity index (χ0n) is 20.8. The van der Waals surface area contributed by atoms with Crippen molar-refractivity contribution in [2.45, 2.75) is 29.0 Å². The van der Waals surface area contributed by atoms with Crippen molar-refractivity contribution in [2.75, 3.05) is 29.5 Å². The average Bonchev–Trinajstić information content (AvgIpc) is 3.25. The Balaban J connectivity index is 1.45. The van der Waals surface area contributed by atoms with Crippen LogP contribution in [0, 0.1) is 11.8 Å². The Morgan fingerprint density at radius 3 is 2.32 bits per heavy atom. The molecule has 1 spiro atoms. The molecular formula is C29H28ClN3O4S. The highest BCUT2D eigenvalue weighted by molar-refractivity contribution is 8.02. The first kappa shape index (κ1) is 25.2. The number of benzene rings is 2. The van der Waals surface area contributed by atoms with E-state index in [1.54, 1.807) is 41.0 Å². The number of thioether (sulfide) groups is 1. The third kappa shape index (κ3) is 3.73. The molecule has 3 amide bonds. The number of aliphatic hydroxyl groups is 1. The van der Waals surface area contributed by atoms with E-state index in [0.717, 1.165) is 5.69 Å². The fourth-order valence-corrected chi connectivity index (χ4v) is 8.45. The lowest BCUT2D eigenvalue weighted by atomic mass is 9.78. The lowest BCUT2D eigenvalue weighted by molar-refractivity contribution is -0.141. The summed E-state index contributed by atoms with van der Waals surface area (Å²) in [4.78, 5) is 47.6. The molecule has 7 nitrogen and oxygen atoms in total. The Labute approximate surface area is 230 Å². The fourth-order valence-electron chi connectivity index (χ4n) is 6.33. The number of anilines is 2. The Morgan fingerprint density at radius 1 is 0.947 bits per heavy atom. The molecule has 2 fully saturated rings. The predicted molar refractivity (Wildman–Crippen MR) is 149 cm³/mol. The molecule has 0 aliphatic carbocycles. The monoisotopic (exact) mass is 549 g/mol. The van der Waals surface area contributed by atoms with E-state index in [9.17, 15) is 19.5 Å². The fraction of sp³-hybridized carbons (Fsp3) is 0.345. The van der Waals surface area contributed by atoms with Crippen molar-refractivity contribution in [3.05, 3.63) is 83.9 Å². The standard InChI is InChI=1S/C29H28ClN3O4S/c1-18(17-34)33-25-28(37)32(21-12-10-19(30)11-13-21)16-6-14-29(25)24(27(33)36)23-22(38-29)9-5-15-31(26(23)35)20-7-3-2-4-8-20/h2-14,18,22-25,34H,15-17H2,1H3/t18-,22+,23-,24+,25?,29+/m1/s1. The maximum atomic E-state index is 14.3. The highest BCUT2D eigenvalue weighted by Gasteiger charge is 2.71. The van der Waals surface area contributed by atoms with E-state index in [1.165, 1.54) is 16.7 Å². The van der Waals surface area contributed by atoms with Gasteiger partial charge in [-0.3, -0.25) is 14.4 Å². The summed E-state index contributed by atoms with van der Waals surface area (Å²) in [5.41, 5.74) is 1.45. The highest BCUT2D eigenvalue weighted by atomic mass is 35.5. The van der Waals surface area contributed by atoms with Gasteiger partial charge in [0.1, 0.15) is 6.04 Å². The van der Waals surface area contributed by atoms with Gasteiger partial charge in [0.25, 0.3) is 5.91 Å². The van der Waals surface area contributed by atoms with Crippen LogP contribution >= 0.6 is 23.4 Å². The normalized spacial score (nSPS) is 31.1. The van der Waals surface area contributed by atoms with E-state index < -0.39 is 28.7 Å². The summed E-state index contributed by atoms with van der Waals surface area (Å²) in [6.45, 7) is 2.21. The number of nitrogens with zero attached hydrogens (tertiary/aromatic N) is 3. The van der Waals surface area contributed by atoms with Crippen molar-refractivity contribution in [3.63, 3.8) is 0 Å². The second-order valence-electron chi connectivity index (χ2n) is 10.2. The van der Waals surface area contributed by atoms with Gasteiger partial charge in [-0.1, -0.05) is 54.1 Å². The summed E-state index contributed by atoms with van der Waals surface area (Å²) in [5.74, 6) is -1.98. The van der Waals surface area contributed by atoms with Crippen LogP contribution in [0.2, 0.25) is 5.02 Å². The Hall–Kier alpha value is -3.07. The van der Waals surface area contributed by atoms with Gasteiger partial charge in [-0.25, -0.2) is 0 Å². The maximum absolute atomic E-state index is 14.3. The second kappa shape index (κ2) is 9.59. The predicted octanol–water partition coefficient (Wildman–Crippen LogP) is 3.52. The minimum absolute atomic E-state index is 0.120. The molecule has 0 radical (unpaired) electrons. The smallest absolute Gasteiger partial charge is 0.251 e. The van der Waals surface area contributed by atoms with Crippen LogP contribution in [-0.2, 0) is 14.4 Å². The van der Waals surface area contributed by atoms with Crippen LogP contribution in [0.3, 0.4) is 0 Å². The number of halogens is 1.